The third-order valence-corrected chi connectivity index (χ3v) is 4.58. The zero-order chi connectivity index (χ0) is 17.1. The average molecular weight is 324 g/mol. The van der Waals surface area contributed by atoms with Gasteiger partial charge in [-0.25, -0.2) is 0 Å². The van der Waals surface area contributed by atoms with E-state index in [4.69, 9.17) is 4.74 Å². The molecule has 0 aliphatic heterocycles. The van der Waals surface area contributed by atoms with E-state index in [9.17, 15) is 9.90 Å². The number of hydrogen-bond acceptors (Lipinski definition) is 3. The van der Waals surface area contributed by atoms with Gasteiger partial charge in [-0.2, -0.15) is 0 Å². The molecule has 0 bridgehead atoms. The van der Waals surface area contributed by atoms with Gasteiger partial charge in [0.05, 0.1) is 6.10 Å². The van der Waals surface area contributed by atoms with Crippen LogP contribution >= 0.6 is 0 Å². The first-order valence-electron chi connectivity index (χ1n) is 8.79. The maximum atomic E-state index is 12.6. The van der Waals surface area contributed by atoms with Crippen LogP contribution in [0.15, 0.2) is 36.4 Å². The minimum atomic E-state index is -0.0445. The Morgan fingerprint density at radius 3 is 2.42 bits per heavy atom. The van der Waals surface area contributed by atoms with Crippen LogP contribution in [-0.4, -0.2) is 17.0 Å². The number of ether oxygens (including phenoxy) is 1. The molecule has 3 heteroatoms. The second kappa shape index (κ2) is 7.08. The van der Waals surface area contributed by atoms with Gasteiger partial charge >= 0.3 is 0 Å². The fraction of sp³-hybridized carbons (Fsp3) is 0.381. The monoisotopic (exact) mass is 324 g/mol. The average Bonchev–Trinajstić information content (AvgIpc) is 2.84. The molecule has 0 saturated heterocycles. The van der Waals surface area contributed by atoms with Gasteiger partial charge in [0.15, 0.2) is 5.78 Å². The number of benzene rings is 2. The Balaban J connectivity index is 1.72. The van der Waals surface area contributed by atoms with Crippen LogP contribution in [0.1, 0.15) is 61.9 Å². The number of phenolic OH excluding ortho intramolecular Hbond substituents is 1. The lowest BCUT2D eigenvalue weighted by atomic mass is 10.1. The summed E-state index contributed by atoms with van der Waals surface area (Å²) < 4.78 is 5.99. The van der Waals surface area contributed by atoms with Crippen LogP contribution in [-0.2, 0) is 0 Å². The van der Waals surface area contributed by atoms with E-state index < -0.39 is 0 Å². The summed E-state index contributed by atoms with van der Waals surface area (Å²) >= 11 is 0. The molecule has 24 heavy (non-hydrogen) atoms. The Kier molecular flexibility index (Phi) is 4.89. The number of aromatic hydroxyl groups is 1. The molecular formula is C21H24O3. The van der Waals surface area contributed by atoms with Crippen molar-refractivity contribution in [3.63, 3.8) is 0 Å². The van der Waals surface area contributed by atoms with Gasteiger partial charge in [-0.3, -0.25) is 4.79 Å². The smallest absolute Gasteiger partial charge is 0.194 e. The minimum absolute atomic E-state index is 0.0445. The summed E-state index contributed by atoms with van der Waals surface area (Å²) in [6.07, 6.45) is 6.08. The predicted octanol–water partition coefficient (Wildman–Crippen LogP) is 5.34. The summed E-state index contributed by atoms with van der Waals surface area (Å²) in [7, 11) is 0. The first kappa shape index (κ1) is 16.6. The zero-order valence-electron chi connectivity index (χ0n) is 14.3. The van der Waals surface area contributed by atoms with Crippen molar-refractivity contribution in [3.8, 4) is 22.6 Å². The van der Waals surface area contributed by atoms with Crippen molar-refractivity contribution in [2.24, 2.45) is 0 Å². The van der Waals surface area contributed by atoms with Crippen LogP contribution in [0.3, 0.4) is 0 Å². The number of unbranched alkanes of at least 4 members (excludes halogenated alkanes) is 3. The molecular weight excluding hydrogens is 300 g/mol. The molecule has 1 atom stereocenters. The van der Waals surface area contributed by atoms with Crippen molar-refractivity contribution < 1.29 is 14.6 Å². The van der Waals surface area contributed by atoms with E-state index in [2.05, 4.69) is 13.8 Å². The Hall–Kier alpha value is -2.29. The number of hydrogen-bond donors (Lipinski definition) is 1. The van der Waals surface area contributed by atoms with Crippen LogP contribution in [0.4, 0.5) is 0 Å². The van der Waals surface area contributed by atoms with Crippen LogP contribution in [0.5, 0.6) is 11.5 Å². The highest BCUT2D eigenvalue weighted by Crippen LogP contribution is 2.39. The molecule has 0 radical (unpaired) electrons. The number of fused-ring (bicyclic) bond motifs is 3. The van der Waals surface area contributed by atoms with Gasteiger partial charge in [0.1, 0.15) is 11.5 Å². The lowest BCUT2D eigenvalue weighted by Gasteiger charge is -2.15. The molecule has 0 heterocycles. The normalized spacial score (nSPS) is 13.5. The van der Waals surface area contributed by atoms with E-state index in [-0.39, 0.29) is 17.6 Å². The largest absolute Gasteiger partial charge is 0.508 e. The van der Waals surface area contributed by atoms with Gasteiger partial charge in [0.2, 0.25) is 0 Å². The molecule has 1 N–H and O–H groups in total. The van der Waals surface area contributed by atoms with Crippen LogP contribution in [0, 0.1) is 0 Å². The Morgan fingerprint density at radius 1 is 0.958 bits per heavy atom. The van der Waals surface area contributed by atoms with Crippen LogP contribution in [0.2, 0.25) is 0 Å². The van der Waals surface area contributed by atoms with Crippen molar-refractivity contribution in [3.05, 3.63) is 47.5 Å². The maximum Gasteiger partial charge on any atom is 0.194 e. The quantitative estimate of drug-likeness (QED) is 0.597. The summed E-state index contributed by atoms with van der Waals surface area (Å²) in [6, 6.07) is 10.6. The third-order valence-electron chi connectivity index (χ3n) is 4.58. The molecule has 0 amide bonds. The fourth-order valence-corrected chi connectivity index (χ4v) is 3.27. The molecule has 2 aromatic rings. The summed E-state index contributed by atoms with van der Waals surface area (Å²) in [5, 5.41) is 9.61. The molecule has 0 saturated carbocycles. The number of ketones is 1. The van der Waals surface area contributed by atoms with Gasteiger partial charge < -0.3 is 9.84 Å². The molecule has 3 rings (SSSR count). The van der Waals surface area contributed by atoms with Crippen molar-refractivity contribution in [1.82, 2.24) is 0 Å². The lowest BCUT2D eigenvalue weighted by Crippen LogP contribution is -2.11. The second-order valence-corrected chi connectivity index (χ2v) is 6.54. The SMILES string of the molecule is CCCCCCC(C)Oc1ccc2c(c1)C(=O)c1cc(O)ccc1-2. The standard InChI is InChI=1S/C21H24O3/c1-3-4-5-6-7-14(2)24-16-9-11-18-17-10-8-15(22)12-19(17)21(23)20(18)13-16/h8-14,22H,3-7H2,1-2H3. The molecule has 3 nitrogen and oxygen atoms in total. The highest BCUT2D eigenvalue weighted by molar-refractivity contribution is 6.22. The van der Waals surface area contributed by atoms with Gasteiger partial charge in [-0.15, -0.1) is 0 Å². The molecule has 1 aliphatic carbocycles. The topological polar surface area (TPSA) is 46.5 Å². The van der Waals surface area contributed by atoms with E-state index in [1.807, 2.05) is 18.2 Å². The zero-order valence-corrected chi connectivity index (χ0v) is 14.3. The number of carbonyl (C=O) groups is 1. The predicted molar refractivity (Wildman–Crippen MR) is 95.8 cm³/mol. The first-order valence-corrected chi connectivity index (χ1v) is 8.79. The number of rotatable bonds is 7. The Morgan fingerprint density at radius 2 is 1.67 bits per heavy atom. The molecule has 1 unspecified atom stereocenters. The summed E-state index contributed by atoms with van der Waals surface area (Å²) in [5.74, 6) is 0.811. The van der Waals surface area contributed by atoms with Gasteiger partial charge in [-0.1, -0.05) is 26.2 Å². The molecule has 1 aliphatic rings. The summed E-state index contributed by atoms with van der Waals surface area (Å²) in [6.45, 7) is 4.28. The highest BCUT2D eigenvalue weighted by atomic mass is 16.5. The summed E-state index contributed by atoms with van der Waals surface area (Å²) in [5.41, 5.74) is 3.02. The van der Waals surface area contributed by atoms with Gasteiger partial charge in [0, 0.05) is 11.1 Å². The third kappa shape index (κ3) is 3.30. The van der Waals surface area contributed by atoms with E-state index in [0.29, 0.717) is 11.1 Å². The van der Waals surface area contributed by atoms with Crippen molar-refractivity contribution in [2.75, 3.05) is 0 Å². The van der Waals surface area contributed by atoms with Crippen LogP contribution < -0.4 is 4.74 Å². The molecule has 2 aromatic carbocycles. The van der Waals surface area contributed by atoms with Crippen molar-refractivity contribution in [2.45, 2.75) is 52.1 Å². The lowest BCUT2D eigenvalue weighted by molar-refractivity contribution is 0.104. The first-order chi connectivity index (χ1) is 11.6. The fourth-order valence-electron chi connectivity index (χ4n) is 3.27. The Bertz CT molecular complexity index is 749. The maximum absolute atomic E-state index is 12.6. The molecule has 126 valence electrons. The van der Waals surface area contributed by atoms with Gasteiger partial charge in [0.25, 0.3) is 0 Å². The van der Waals surface area contributed by atoms with E-state index >= 15 is 0 Å². The van der Waals surface area contributed by atoms with E-state index in [1.165, 1.54) is 31.7 Å². The highest BCUT2D eigenvalue weighted by Gasteiger charge is 2.27. The molecule has 0 fully saturated rings. The van der Waals surface area contributed by atoms with E-state index in [0.717, 1.165) is 23.3 Å². The van der Waals surface area contributed by atoms with Crippen LogP contribution in [0.25, 0.3) is 11.1 Å². The van der Waals surface area contributed by atoms with E-state index in [1.54, 1.807) is 12.1 Å². The van der Waals surface area contributed by atoms with Crippen molar-refractivity contribution in [1.29, 1.82) is 0 Å². The minimum Gasteiger partial charge on any atom is -0.508 e. The van der Waals surface area contributed by atoms with Crippen molar-refractivity contribution >= 4 is 5.78 Å². The molecule has 0 aromatic heterocycles. The molecule has 0 spiro atoms. The number of phenols is 1. The summed E-state index contributed by atoms with van der Waals surface area (Å²) in [4.78, 5) is 12.6. The van der Waals surface area contributed by atoms with Gasteiger partial charge in [-0.05, 0) is 67.3 Å². The number of carbonyl (C=O) groups excluding carboxylic acids is 1. The Labute approximate surface area is 143 Å². The second-order valence-electron chi connectivity index (χ2n) is 6.54.